The molecule has 1 unspecified atom stereocenters. The number of fused-ring (bicyclic) bond motifs is 1. The van der Waals surface area contributed by atoms with Gasteiger partial charge in [-0.1, -0.05) is 6.07 Å². The molecule has 1 fully saturated rings. The van der Waals surface area contributed by atoms with Crippen LogP contribution in [0.25, 0.3) is 10.9 Å². The van der Waals surface area contributed by atoms with Crippen LogP contribution in [0, 0.1) is 0 Å². The van der Waals surface area contributed by atoms with Crippen LogP contribution in [0.15, 0.2) is 24.3 Å². The SMILES string of the molecule is CC(=O)OCc1cc2c(OCC3CO3)cccc2[nH]1. The highest BCUT2D eigenvalue weighted by atomic mass is 16.6. The summed E-state index contributed by atoms with van der Waals surface area (Å²) in [5.41, 5.74) is 1.82. The van der Waals surface area contributed by atoms with Crippen molar-refractivity contribution < 1.29 is 19.0 Å². The van der Waals surface area contributed by atoms with Gasteiger partial charge in [-0.3, -0.25) is 4.79 Å². The van der Waals surface area contributed by atoms with Crippen molar-refractivity contribution in [2.45, 2.75) is 19.6 Å². The molecule has 1 aromatic heterocycles. The maximum Gasteiger partial charge on any atom is 0.303 e. The molecule has 3 rings (SSSR count). The largest absolute Gasteiger partial charge is 0.490 e. The first-order valence-electron chi connectivity index (χ1n) is 6.21. The van der Waals surface area contributed by atoms with Crippen LogP contribution in [0.2, 0.25) is 0 Å². The number of H-pyrrole nitrogens is 1. The second kappa shape index (κ2) is 4.93. The fraction of sp³-hybridized carbons (Fsp3) is 0.357. The van der Waals surface area contributed by atoms with Crippen molar-refractivity contribution in [3.63, 3.8) is 0 Å². The Bertz CT molecular complexity index is 601. The summed E-state index contributed by atoms with van der Waals surface area (Å²) < 4.78 is 15.8. The number of rotatable bonds is 5. The number of aromatic nitrogens is 1. The van der Waals surface area contributed by atoms with E-state index in [1.165, 1.54) is 6.92 Å². The Morgan fingerprint density at radius 2 is 2.37 bits per heavy atom. The molecule has 0 aliphatic carbocycles. The minimum Gasteiger partial charge on any atom is -0.490 e. The Hall–Kier alpha value is -2.01. The minimum atomic E-state index is -0.291. The Morgan fingerprint density at radius 1 is 1.53 bits per heavy atom. The zero-order valence-corrected chi connectivity index (χ0v) is 10.6. The van der Waals surface area contributed by atoms with Gasteiger partial charge in [0.05, 0.1) is 12.3 Å². The Balaban J connectivity index is 1.79. The molecule has 0 radical (unpaired) electrons. The number of nitrogens with one attached hydrogen (secondary N) is 1. The molecule has 0 amide bonds. The van der Waals surface area contributed by atoms with Crippen molar-refractivity contribution in [2.24, 2.45) is 0 Å². The molecular formula is C14H15NO4. The van der Waals surface area contributed by atoms with Crippen molar-refractivity contribution in [3.05, 3.63) is 30.0 Å². The molecule has 0 bridgehead atoms. The normalized spacial score (nSPS) is 17.4. The van der Waals surface area contributed by atoms with Crippen LogP contribution < -0.4 is 4.74 Å². The number of carbonyl (C=O) groups excluding carboxylic acids is 1. The zero-order chi connectivity index (χ0) is 13.2. The van der Waals surface area contributed by atoms with Gasteiger partial charge >= 0.3 is 5.97 Å². The summed E-state index contributed by atoms with van der Waals surface area (Å²) in [4.78, 5) is 14.0. The highest BCUT2D eigenvalue weighted by Crippen LogP contribution is 2.27. The highest BCUT2D eigenvalue weighted by Gasteiger charge is 2.23. The van der Waals surface area contributed by atoms with Crippen LogP contribution in [0.4, 0.5) is 0 Å². The van der Waals surface area contributed by atoms with Gasteiger partial charge in [-0.15, -0.1) is 0 Å². The molecular weight excluding hydrogens is 246 g/mol. The molecule has 5 nitrogen and oxygen atoms in total. The van der Waals surface area contributed by atoms with Crippen LogP contribution in [0.1, 0.15) is 12.6 Å². The second-order valence-corrected chi connectivity index (χ2v) is 4.56. The molecule has 1 aliphatic heterocycles. The van der Waals surface area contributed by atoms with Gasteiger partial charge in [0.25, 0.3) is 0 Å². The van der Waals surface area contributed by atoms with Crippen molar-refractivity contribution in [1.29, 1.82) is 0 Å². The maximum absolute atomic E-state index is 10.8. The predicted octanol–water partition coefficient (Wildman–Crippen LogP) is 2.01. The number of ether oxygens (including phenoxy) is 3. The highest BCUT2D eigenvalue weighted by molar-refractivity contribution is 5.86. The summed E-state index contributed by atoms with van der Waals surface area (Å²) in [5.74, 6) is 0.527. The molecule has 1 aliphatic rings. The monoisotopic (exact) mass is 261 g/mol. The molecule has 1 N–H and O–H groups in total. The molecule has 1 aromatic carbocycles. The van der Waals surface area contributed by atoms with Crippen LogP contribution in [-0.2, 0) is 20.9 Å². The maximum atomic E-state index is 10.8. The molecule has 1 saturated heterocycles. The van der Waals surface area contributed by atoms with Gasteiger partial charge in [-0.2, -0.15) is 0 Å². The van der Waals surface area contributed by atoms with Gasteiger partial charge in [0.15, 0.2) is 0 Å². The number of benzene rings is 1. The van der Waals surface area contributed by atoms with Gasteiger partial charge in [0.1, 0.15) is 25.1 Å². The number of hydrogen-bond acceptors (Lipinski definition) is 4. The first kappa shape index (κ1) is 12.0. The zero-order valence-electron chi connectivity index (χ0n) is 10.6. The Morgan fingerprint density at radius 3 is 3.11 bits per heavy atom. The summed E-state index contributed by atoms with van der Waals surface area (Å²) in [5, 5.41) is 0.991. The molecule has 100 valence electrons. The van der Waals surface area contributed by atoms with E-state index >= 15 is 0 Å². The molecule has 2 heterocycles. The quantitative estimate of drug-likeness (QED) is 0.660. The van der Waals surface area contributed by atoms with Gasteiger partial charge < -0.3 is 19.2 Å². The Labute approximate surface area is 110 Å². The second-order valence-electron chi connectivity index (χ2n) is 4.56. The van der Waals surface area contributed by atoms with E-state index < -0.39 is 0 Å². The number of epoxide rings is 1. The first-order chi connectivity index (χ1) is 9.22. The third kappa shape index (κ3) is 2.88. The number of carbonyl (C=O) groups is 1. The average molecular weight is 261 g/mol. The summed E-state index contributed by atoms with van der Waals surface area (Å²) in [6, 6.07) is 7.76. The fourth-order valence-electron chi connectivity index (χ4n) is 1.92. The standard InChI is InChI=1S/C14H15NO4/c1-9(16)17-6-10-5-12-13(15-10)3-2-4-14(12)19-8-11-7-18-11/h2-5,11,15H,6-8H2,1H3. The van der Waals surface area contributed by atoms with Gasteiger partial charge in [0.2, 0.25) is 0 Å². The fourth-order valence-corrected chi connectivity index (χ4v) is 1.92. The van der Waals surface area contributed by atoms with Crippen LogP contribution >= 0.6 is 0 Å². The number of hydrogen-bond donors (Lipinski definition) is 1. The number of esters is 1. The van der Waals surface area contributed by atoms with E-state index in [2.05, 4.69) is 4.98 Å². The van der Waals surface area contributed by atoms with Crippen molar-refractivity contribution in [3.8, 4) is 5.75 Å². The third-order valence-corrected chi connectivity index (χ3v) is 2.94. The van der Waals surface area contributed by atoms with Crippen LogP contribution in [0.3, 0.4) is 0 Å². The predicted molar refractivity (Wildman–Crippen MR) is 69.0 cm³/mol. The van der Waals surface area contributed by atoms with E-state index in [-0.39, 0.29) is 18.7 Å². The van der Waals surface area contributed by atoms with E-state index in [0.29, 0.717) is 6.61 Å². The topological polar surface area (TPSA) is 63.9 Å². The van der Waals surface area contributed by atoms with E-state index in [4.69, 9.17) is 14.2 Å². The van der Waals surface area contributed by atoms with Crippen LogP contribution in [0.5, 0.6) is 5.75 Å². The summed E-state index contributed by atoms with van der Waals surface area (Å²) in [6.45, 7) is 2.99. The molecule has 0 saturated carbocycles. The van der Waals surface area contributed by atoms with E-state index in [9.17, 15) is 4.79 Å². The van der Waals surface area contributed by atoms with E-state index in [0.717, 1.165) is 29.0 Å². The van der Waals surface area contributed by atoms with E-state index in [1.807, 2.05) is 24.3 Å². The van der Waals surface area contributed by atoms with Crippen LogP contribution in [-0.4, -0.2) is 30.3 Å². The molecule has 1 atom stereocenters. The van der Waals surface area contributed by atoms with Crippen molar-refractivity contribution in [2.75, 3.05) is 13.2 Å². The smallest absolute Gasteiger partial charge is 0.303 e. The lowest BCUT2D eigenvalue weighted by molar-refractivity contribution is -0.142. The van der Waals surface area contributed by atoms with Gasteiger partial charge in [-0.25, -0.2) is 0 Å². The number of aromatic amines is 1. The lowest BCUT2D eigenvalue weighted by atomic mass is 10.2. The first-order valence-corrected chi connectivity index (χ1v) is 6.21. The minimum absolute atomic E-state index is 0.231. The lowest BCUT2D eigenvalue weighted by Crippen LogP contribution is -2.03. The van der Waals surface area contributed by atoms with Crippen molar-refractivity contribution >= 4 is 16.9 Å². The molecule has 19 heavy (non-hydrogen) atoms. The average Bonchev–Trinajstić information content (AvgIpc) is 3.11. The van der Waals surface area contributed by atoms with E-state index in [1.54, 1.807) is 0 Å². The van der Waals surface area contributed by atoms with Gasteiger partial charge in [0, 0.05) is 17.8 Å². The summed E-state index contributed by atoms with van der Waals surface area (Å²) in [7, 11) is 0. The molecule has 2 aromatic rings. The Kier molecular flexibility index (Phi) is 3.13. The van der Waals surface area contributed by atoms with Crippen molar-refractivity contribution in [1.82, 2.24) is 4.98 Å². The summed E-state index contributed by atoms with van der Waals surface area (Å²) in [6.07, 6.45) is 0.231. The molecule has 5 heteroatoms. The third-order valence-electron chi connectivity index (χ3n) is 2.94. The summed E-state index contributed by atoms with van der Waals surface area (Å²) >= 11 is 0. The van der Waals surface area contributed by atoms with Gasteiger partial charge in [-0.05, 0) is 18.2 Å². The molecule has 0 spiro atoms. The lowest BCUT2D eigenvalue weighted by Gasteiger charge is -2.04.